The van der Waals surface area contributed by atoms with E-state index in [1.165, 1.54) is 6.92 Å². The van der Waals surface area contributed by atoms with Gasteiger partial charge in [0, 0.05) is 25.1 Å². The van der Waals surface area contributed by atoms with E-state index in [0.717, 1.165) is 18.2 Å². The summed E-state index contributed by atoms with van der Waals surface area (Å²) >= 11 is 0. The second kappa shape index (κ2) is 4.67. The fourth-order valence-corrected chi connectivity index (χ4v) is 3.42. The third-order valence-electron chi connectivity index (χ3n) is 2.87. The highest BCUT2D eigenvalue weighted by molar-refractivity contribution is 7.90. The number of hydrogen-bond donors (Lipinski definition) is 0. The normalized spacial score (nSPS) is 16.1. The van der Waals surface area contributed by atoms with Gasteiger partial charge in [0.25, 0.3) is 21.6 Å². The number of non-ortho nitro benzene ring substituents is 1. The lowest BCUT2D eigenvalue weighted by molar-refractivity contribution is -0.384. The van der Waals surface area contributed by atoms with Gasteiger partial charge >= 0.3 is 0 Å². The molecular weight excluding hydrogens is 288 g/mol. The molecule has 20 heavy (non-hydrogen) atoms. The maximum Gasteiger partial charge on any atom is 0.270 e. The molecule has 9 heteroatoms. The Morgan fingerprint density at radius 1 is 1.40 bits per heavy atom. The third kappa shape index (κ3) is 2.16. The molecule has 0 saturated carbocycles. The van der Waals surface area contributed by atoms with Crippen LogP contribution >= 0.6 is 0 Å². The highest BCUT2D eigenvalue weighted by Gasteiger charge is 2.41. The zero-order chi connectivity index (χ0) is 15.1. The third-order valence-corrected chi connectivity index (χ3v) is 4.71. The Labute approximate surface area is 114 Å². The van der Waals surface area contributed by atoms with Crippen molar-refractivity contribution < 1.29 is 22.9 Å². The van der Waals surface area contributed by atoms with Crippen LogP contribution in [0.3, 0.4) is 0 Å². The number of sulfonamides is 1. The van der Waals surface area contributed by atoms with Crippen LogP contribution in [0.25, 0.3) is 0 Å². The number of rotatable bonds is 4. The van der Waals surface area contributed by atoms with Crippen LogP contribution in [0.5, 0.6) is 0 Å². The predicted molar refractivity (Wildman–Crippen MR) is 66.6 cm³/mol. The van der Waals surface area contributed by atoms with Crippen LogP contribution in [0, 0.1) is 10.1 Å². The summed E-state index contributed by atoms with van der Waals surface area (Å²) in [7, 11) is -4.02. The van der Waals surface area contributed by atoms with Gasteiger partial charge in [0.2, 0.25) is 0 Å². The zero-order valence-electron chi connectivity index (χ0n) is 10.4. The number of nitro benzene ring substituents is 1. The quantitative estimate of drug-likeness (QED) is 0.597. The monoisotopic (exact) mass is 298 g/mol. The van der Waals surface area contributed by atoms with Gasteiger partial charge in [-0.1, -0.05) is 0 Å². The van der Waals surface area contributed by atoms with Crippen molar-refractivity contribution in [3.05, 3.63) is 33.9 Å². The summed E-state index contributed by atoms with van der Waals surface area (Å²) in [6.45, 7) is 1.02. The fourth-order valence-electron chi connectivity index (χ4n) is 1.87. The summed E-state index contributed by atoms with van der Waals surface area (Å²) in [4.78, 5) is 32.6. The molecule has 0 spiro atoms. The first-order valence-corrected chi connectivity index (χ1v) is 7.04. The van der Waals surface area contributed by atoms with Crippen LogP contribution in [0.15, 0.2) is 23.1 Å². The van der Waals surface area contributed by atoms with Gasteiger partial charge < -0.3 is 0 Å². The van der Waals surface area contributed by atoms with Gasteiger partial charge in [-0.25, -0.2) is 12.7 Å². The molecule has 1 aliphatic rings. The van der Waals surface area contributed by atoms with E-state index < -0.39 is 20.9 Å². The summed E-state index contributed by atoms with van der Waals surface area (Å²) in [5.41, 5.74) is -0.594. The second-order valence-electron chi connectivity index (χ2n) is 4.27. The number of Topliss-reactive ketones (excluding diaryl/α,β-unsaturated/α-hetero) is 1. The van der Waals surface area contributed by atoms with Gasteiger partial charge in [0.1, 0.15) is 10.7 Å². The minimum absolute atomic E-state index is 0.0962. The zero-order valence-corrected chi connectivity index (χ0v) is 11.2. The summed E-state index contributed by atoms with van der Waals surface area (Å²) in [5.74, 6) is -1.10. The van der Waals surface area contributed by atoms with E-state index >= 15 is 0 Å². The number of benzene rings is 1. The van der Waals surface area contributed by atoms with Crippen molar-refractivity contribution in [3.8, 4) is 0 Å². The molecule has 1 amide bonds. The molecule has 1 heterocycles. The molecule has 0 aromatic heterocycles. The fraction of sp³-hybridized carbons (Fsp3) is 0.273. The number of carbonyl (C=O) groups is 2. The molecule has 0 aliphatic carbocycles. The predicted octanol–water partition coefficient (Wildman–Crippen LogP) is 0.718. The summed E-state index contributed by atoms with van der Waals surface area (Å²) in [6, 6.07) is 3.00. The smallest absolute Gasteiger partial charge is 0.270 e. The highest BCUT2D eigenvalue weighted by Crippen LogP contribution is 2.32. The first-order valence-electron chi connectivity index (χ1n) is 5.60. The van der Waals surface area contributed by atoms with Gasteiger partial charge in [-0.15, -0.1) is 0 Å². The summed E-state index contributed by atoms with van der Waals surface area (Å²) in [5, 5.41) is 10.7. The first kappa shape index (κ1) is 14.1. The maximum absolute atomic E-state index is 12.1. The lowest BCUT2D eigenvalue weighted by atomic mass is 10.2. The molecule has 2 rings (SSSR count). The van der Waals surface area contributed by atoms with E-state index in [1.807, 2.05) is 0 Å². The average Bonchev–Trinajstić information content (AvgIpc) is 2.55. The molecule has 0 fully saturated rings. The minimum Gasteiger partial charge on any atom is -0.300 e. The molecule has 8 nitrogen and oxygen atoms in total. The maximum atomic E-state index is 12.1. The van der Waals surface area contributed by atoms with Gasteiger partial charge in [-0.3, -0.25) is 19.7 Å². The number of fused-ring (bicyclic) bond motifs is 1. The average molecular weight is 298 g/mol. The van der Waals surface area contributed by atoms with Gasteiger partial charge in [-0.05, 0) is 13.0 Å². The van der Waals surface area contributed by atoms with Crippen LogP contribution in [0.2, 0.25) is 0 Å². The lowest BCUT2D eigenvalue weighted by Gasteiger charge is -2.13. The number of ketones is 1. The van der Waals surface area contributed by atoms with Crippen LogP contribution in [-0.2, 0) is 14.8 Å². The standard InChI is InChI=1S/C11H10N2O6S/c1-7(14)4-5-12-11(15)9-6-8(13(16)17)2-3-10(9)20(12,18)19/h2-3,6H,4-5H2,1H3. The Morgan fingerprint density at radius 2 is 2.05 bits per heavy atom. The van der Waals surface area contributed by atoms with Gasteiger partial charge in [-0.2, -0.15) is 0 Å². The molecular formula is C11H10N2O6S. The Kier molecular flexibility index (Phi) is 3.30. The Bertz CT molecular complexity index is 724. The first-order chi connectivity index (χ1) is 9.25. The Hall–Kier alpha value is -2.29. The molecule has 1 aliphatic heterocycles. The molecule has 0 N–H and O–H groups in total. The lowest BCUT2D eigenvalue weighted by Crippen LogP contribution is -2.31. The summed E-state index contributed by atoms with van der Waals surface area (Å²) in [6.07, 6.45) is -0.0962. The largest absolute Gasteiger partial charge is 0.300 e. The molecule has 0 bridgehead atoms. The van der Waals surface area contributed by atoms with Gasteiger partial charge in [0.05, 0.1) is 10.5 Å². The van der Waals surface area contributed by atoms with Crippen LogP contribution in [0.4, 0.5) is 5.69 Å². The molecule has 106 valence electrons. The minimum atomic E-state index is -4.02. The number of hydrogen-bond acceptors (Lipinski definition) is 6. The number of amides is 1. The SMILES string of the molecule is CC(=O)CCN1C(=O)c2cc([N+](=O)[O-])ccc2S1(=O)=O. The molecule has 0 atom stereocenters. The topological polar surface area (TPSA) is 115 Å². The van der Waals surface area contributed by atoms with Crippen molar-refractivity contribution in [2.24, 2.45) is 0 Å². The molecule has 1 aromatic carbocycles. The van der Waals surface area contributed by atoms with Crippen molar-refractivity contribution in [1.29, 1.82) is 0 Å². The molecule has 0 unspecified atom stereocenters. The van der Waals surface area contributed by atoms with Crippen molar-refractivity contribution in [2.75, 3.05) is 6.54 Å². The van der Waals surface area contributed by atoms with E-state index in [2.05, 4.69) is 0 Å². The van der Waals surface area contributed by atoms with Crippen molar-refractivity contribution in [2.45, 2.75) is 18.2 Å². The van der Waals surface area contributed by atoms with Gasteiger partial charge in [0.15, 0.2) is 0 Å². The molecule has 1 aromatic rings. The molecule has 0 radical (unpaired) electrons. The van der Waals surface area contributed by atoms with E-state index in [-0.39, 0.29) is 34.9 Å². The van der Waals surface area contributed by atoms with E-state index in [1.54, 1.807) is 0 Å². The highest BCUT2D eigenvalue weighted by atomic mass is 32.2. The number of nitrogens with zero attached hydrogens (tertiary/aromatic N) is 2. The van der Waals surface area contributed by atoms with Crippen molar-refractivity contribution >= 4 is 27.4 Å². The van der Waals surface area contributed by atoms with Crippen LogP contribution in [0.1, 0.15) is 23.7 Å². The number of nitro groups is 1. The Balaban J connectivity index is 2.47. The number of carbonyl (C=O) groups excluding carboxylic acids is 2. The molecule has 0 saturated heterocycles. The van der Waals surface area contributed by atoms with Crippen molar-refractivity contribution in [1.82, 2.24) is 4.31 Å². The van der Waals surface area contributed by atoms with E-state index in [0.29, 0.717) is 4.31 Å². The van der Waals surface area contributed by atoms with Crippen LogP contribution < -0.4 is 0 Å². The Morgan fingerprint density at radius 3 is 2.60 bits per heavy atom. The van der Waals surface area contributed by atoms with Crippen LogP contribution in [-0.4, -0.2) is 35.9 Å². The van der Waals surface area contributed by atoms with E-state index in [4.69, 9.17) is 0 Å². The van der Waals surface area contributed by atoms with E-state index in [9.17, 15) is 28.1 Å². The summed E-state index contributed by atoms with van der Waals surface area (Å²) < 4.78 is 24.8. The van der Waals surface area contributed by atoms with Crippen molar-refractivity contribution in [3.63, 3.8) is 0 Å². The second-order valence-corrected chi connectivity index (χ2v) is 6.10.